The number of hydrogen-bond acceptors (Lipinski definition) is 4. The fourth-order valence-corrected chi connectivity index (χ4v) is 1.45. The molecule has 1 rings (SSSR count). The summed E-state index contributed by atoms with van der Waals surface area (Å²) in [6.07, 6.45) is 1.45. The maximum absolute atomic E-state index is 10.4. The average molecular weight is 291 g/mol. The third-order valence-corrected chi connectivity index (χ3v) is 2.34. The summed E-state index contributed by atoms with van der Waals surface area (Å²) in [4.78, 5) is 9.93. The quantitative estimate of drug-likeness (QED) is 0.295. The maximum Gasteiger partial charge on any atom is 0.270 e. The van der Waals surface area contributed by atoms with Crippen LogP contribution in [-0.4, -0.2) is 11.1 Å². The summed E-state index contributed by atoms with van der Waals surface area (Å²) >= 11 is 1.99. The third kappa shape index (κ3) is 2.38. The van der Waals surface area contributed by atoms with Crippen molar-refractivity contribution in [1.29, 1.82) is 0 Å². The highest BCUT2D eigenvalue weighted by atomic mass is 127. The van der Waals surface area contributed by atoms with Crippen LogP contribution < -0.4 is 5.84 Å². The number of halogens is 1. The Bertz CT molecular complexity index is 365. The van der Waals surface area contributed by atoms with Crippen LogP contribution in [0.1, 0.15) is 5.56 Å². The Kier molecular flexibility index (Phi) is 3.18. The first-order valence-corrected chi connectivity index (χ1v) is 4.40. The van der Waals surface area contributed by atoms with Crippen LogP contribution in [0.15, 0.2) is 23.3 Å². The second-order valence-corrected chi connectivity index (χ2v) is 3.40. The molecule has 68 valence electrons. The Hall–Kier alpha value is -1.18. The zero-order chi connectivity index (χ0) is 9.84. The minimum Gasteiger partial charge on any atom is -0.323 e. The van der Waals surface area contributed by atoms with Gasteiger partial charge >= 0.3 is 0 Å². The third-order valence-electron chi connectivity index (χ3n) is 1.41. The largest absolute Gasteiger partial charge is 0.323 e. The van der Waals surface area contributed by atoms with Crippen molar-refractivity contribution < 1.29 is 4.92 Å². The first kappa shape index (κ1) is 9.90. The van der Waals surface area contributed by atoms with E-state index >= 15 is 0 Å². The molecule has 0 saturated carbocycles. The van der Waals surface area contributed by atoms with Crippen molar-refractivity contribution in [3.05, 3.63) is 37.4 Å². The van der Waals surface area contributed by atoms with Gasteiger partial charge in [-0.3, -0.25) is 10.1 Å². The van der Waals surface area contributed by atoms with Crippen molar-refractivity contribution in [1.82, 2.24) is 0 Å². The molecule has 0 radical (unpaired) electrons. The van der Waals surface area contributed by atoms with E-state index in [9.17, 15) is 10.1 Å². The van der Waals surface area contributed by atoms with Gasteiger partial charge in [0.15, 0.2) is 0 Å². The number of nitrogens with zero attached hydrogens (tertiary/aromatic N) is 2. The predicted molar refractivity (Wildman–Crippen MR) is 57.6 cm³/mol. The van der Waals surface area contributed by atoms with Crippen molar-refractivity contribution in [3.8, 4) is 0 Å². The molecule has 0 aliphatic carbocycles. The van der Waals surface area contributed by atoms with Crippen molar-refractivity contribution in [3.63, 3.8) is 0 Å². The lowest BCUT2D eigenvalue weighted by molar-refractivity contribution is -0.384. The molecule has 0 aromatic heterocycles. The van der Waals surface area contributed by atoms with Gasteiger partial charge in [0.1, 0.15) is 0 Å². The van der Waals surface area contributed by atoms with E-state index < -0.39 is 4.92 Å². The van der Waals surface area contributed by atoms with E-state index in [4.69, 9.17) is 5.84 Å². The Morgan fingerprint density at radius 2 is 2.31 bits per heavy atom. The Balaban J connectivity index is 3.12. The van der Waals surface area contributed by atoms with Crippen LogP contribution in [0, 0.1) is 13.7 Å². The molecular formula is C7H6IN3O2. The zero-order valence-corrected chi connectivity index (χ0v) is 8.63. The number of non-ortho nitro benzene ring substituents is 1. The zero-order valence-electron chi connectivity index (χ0n) is 6.48. The molecule has 2 N–H and O–H groups in total. The molecule has 13 heavy (non-hydrogen) atoms. The van der Waals surface area contributed by atoms with Gasteiger partial charge in [-0.15, -0.1) is 0 Å². The van der Waals surface area contributed by atoms with E-state index in [0.717, 1.165) is 9.13 Å². The van der Waals surface area contributed by atoms with Gasteiger partial charge in [0.05, 0.1) is 11.1 Å². The van der Waals surface area contributed by atoms with Gasteiger partial charge in [0.25, 0.3) is 5.69 Å². The topological polar surface area (TPSA) is 81.5 Å². The summed E-state index contributed by atoms with van der Waals surface area (Å²) in [7, 11) is 0. The van der Waals surface area contributed by atoms with Crippen LogP contribution in [0.2, 0.25) is 0 Å². The second kappa shape index (κ2) is 4.17. The molecule has 0 aliphatic heterocycles. The smallest absolute Gasteiger partial charge is 0.270 e. The number of hydrazone groups is 1. The molecule has 6 heteroatoms. The van der Waals surface area contributed by atoms with Gasteiger partial charge in [-0.1, -0.05) is 0 Å². The molecule has 0 bridgehead atoms. The van der Waals surface area contributed by atoms with Crippen LogP contribution >= 0.6 is 22.6 Å². The van der Waals surface area contributed by atoms with Gasteiger partial charge < -0.3 is 5.84 Å². The summed E-state index contributed by atoms with van der Waals surface area (Å²) in [5.74, 6) is 4.96. The number of nitro benzene ring substituents is 1. The van der Waals surface area contributed by atoms with Crippen LogP contribution in [-0.2, 0) is 0 Å². The monoisotopic (exact) mass is 291 g/mol. The minimum absolute atomic E-state index is 0.0681. The standard InChI is InChI=1S/C7H6IN3O2/c8-7-3-6(11(12)13)2-1-5(7)4-10-9/h1-4H,9H2. The number of nitrogens with two attached hydrogens (primary N) is 1. The lowest BCUT2D eigenvalue weighted by Gasteiger charge is -1.96. The first-order chi connectivity index (χ1) is 6.15. The summed E-state index contributed by atoms with van der Waals surface area (Å²) in [6, 6.07) is 4.49. The normalized spacial score (nSPS) is 10.5. The van der Waals surface area contributed by atoms with Crippen LogP contribution in [0.5, 0.6) is 0 Å². The summed E-state index contributed by atoms with van der Waals surface area (Å²) in [5, 5.41) is 13.7. The number of nitro groups is 1. The van der Waals surface area contributed by atoms with Crippen LogP contribution in [0.3, 0.4) is 0 Å². The number of benzene rings is 1. The molecule has 5 nitrogen and oxygen atoms in total. The molecule has 0 fully saturated rings. The van der Waals surface area contributed by atoms with Crippen molar-refractivity contribution in [2.24, 2.45) is 10.9 Å². The van der Waals surface area contributed by atoms with Crippen LogP contribution in [0.4, 0.5) is 5.69 Å². The molecule has 1 aromatic carbocycles. The molecule has 0 heterocycles. The molecule has 0 amide bonds. The summed E-state index contributed by atoms with van der Waals surface area (Å²) in [6.45, 7) is 0. The fourth-order valence-electron chi connectivity index (χ4n) is 0.815. The fraction of sp³-hybridized carbons (Fsp3) is 0. The van der Waals surface area contributed by atoms with E-state index in [1.165, 1.54) is 18.3 Å². The van der Waals surface area contributed by atoms with Crippen molar-refractivity contribution in [2.45, 2.75) is 0 Å². The summed E-state index contributed by atoms with van der Waals surface area (Å²) in [5.41, 5.74) is 0.840. The SMILES string of the molecule is NN=Cc1ccc([N+](=O)[O-])cc1I. The molecule has 1 aromatic rings. The highest BCUT2D eigenvalue weighted by Gasteiger charge is 2.07. The molecule has 0 atom stereocenters. The second-order valence-electron chi connectivity index (χ2n) is 2.24. The van der Waals surface area contributed by atoms with Gasteiger partial charge in [-0.05, 0) is 28.7 Å². The Labute approximate surface area is 87.9 Å². The van der Waals surface area contributed by atoms with E-state index in [-0.39, 0.29) is 5.69 Å². The minimum atomic E-state index is -0.439. The van der Waals surface area contributed by atoms with Gasteiger partial charge in [-0.25, -0.2) is 0 Å². The van der Waals surface area contributed by atoms with Gasteiger partial charge in [-0.2, -0.15) is 5.10 Å². The predicted octanol–water partition coefficient (Wildman–Crippen LogP) is 1.49. The summed E-state index contributed by atoms with van der Waals surface area (Å²) < 4.78 is 0.751. The van der Waals surface area contributed by atoms with E-state index in [1.807, 2.05) is 22.6 Å². The van der Waals surface area contributed by atoms with Gasteiger partial charge in [0.2, 0.25) is 0 Å². The van der Waals surface area contributed by atoms with Crippen LogP contribution in [0.25, 0.3) is 0 Å². The lowest BCUT2D eigenvalue weighted by atomic mass is 10.2. The van der Waals surface area contributed by atoms with Crippen molar-refractivity contribution >= 4 is 34.5 Å². The maximum atomic E-state index is 10.4. The molecular weight excluding hydrogens is 285 g/mol. The Morgan fingerprint density at radius 1 is 1.62 bits per heavy atom. The van der Waals surface area contributed by atoms with Gasteiger partial charge in [0, 0.05) is 21.3 Å². The number of rotatable bonds is 2. The highest BCUT2D eigenvalue weighted by molar-refractivity contribution is 14.1. The first-order valence-electron chi connectivity index (χ1n) is 3.32. The average Bonchev–Trinajstić information content (AvgIpc) is 2.08. The molecule has 0 spiro atoms. The molecule has 0 aliphatic rings. The highest BCUT2D eigenvalue weighted by Crippen LogP contribution is 2.18. The van der Waals surface area contributed by atoms with E-state index in [1.54, 1.807) is 6.07 Å². The van der Waals surface area contributed by atoms with Crippen molar-refractivity contribution in [2.75, 3.05) is 0 Å². The lowest BCUT2D eigenvalue weighted by Crippen LogP contribution is -1.93. The molecule has 0 saturated heterocycles. The number of hydrogen-bond donors (Lipinski definition) is 1. The van der Waals surface area contributed by atoms with E-state index in [2.05, 4.69) is 5.10 Å². The Morgan fingerprint density at radius 3 is 2.77 bits per heavy atom. The van der Waals surface area contributed by atoms with E-state index in [0.29, 0.717) is 0 Å². The molecule has 0 unspecified atom stereocenters.